The first-order chi connectivity index (χ1) is 13.0. The number of aromatic hydroxyl groups is 1. The van der Waals surface area contributed by atoms with Gasteiger partial charge < -0.3 is 19.9 Å². The number of nitrogens with zero attached hydrogens (tertiary/aromatic N) is 1. The molecule has 0 saturated carbocycles. The number of amides is 1. The van der Waals surface area contributed by atoms with E-state index in [-0.39, 0.29) is 11.7 Å². The summed E-state index contributed by atoms with van der Waals surface area (Å²) in [6.45, 7) is 2.53. The molecule has 1 saturated heterocycles. The summed E-state index contributed by atoms with van der Waals surface area (Å²) in [6.07, 6.45) is 1.72. The summed E-state index contributed by atoms with van der Waals surface area (Å²) < 4.78 is 11.2. The molecule has 0 radical (unpaired) electrons. The zero-order valence-electron chi connectivity index (χ0n) is 14.7. The van der Waals surface area contributed by atoms with Gasteiger partial charge in [-0.25, -0.2) is 4.99 Å². The number of hydrogen-bond acceptors (Lipinski definition) is 6. The van der Waals surface area contributed by atoms with Gasteiger partial charge in [0, 0.05) is 4.47 Å². The number of nitrogens with one attached hydrogen (secondary N) is 1. The van der Waals surface area contributed by atoms with Crippen molar-refractivity contribution in [1.29, 1.82) is 0 Å². The number of aliphatic imine (C=N–C) groups is 1. The Morgan fingerprint density at radius 1 is 1.30 bits per heavy atom. The average Bonchev–Trinajstić information content (AvgIpc) is 2.98. The Bertz CT molecular complexity index is 926. The molecule has 1 amide bonds. The van der Waals surface area contributed by atoms with Gasteiger partial charge in [0.15, 0.2) is 16.7 Å². The maximum atomic E-state index is 12.3. The van der Waals surface area contributed by atoms with Crippen molar-refractivity contribution in [2.75, 3.05) is 13.7 Å². The minimum absolute atomic E-state index is 0.0211. The number of methoxy groups -OCH3 is 1. The van der Waals surface area contributed by atoms with Crippen molar-refractivity contribution in [1.82, 2.24) is 5.32 Å². The number of rotatable bonds is 5. The van der Waals surface area contributed by atoms with Crippen LogP contribution < -0.4 is 14.8 Å². The van der Waals surface area contributed by atoms with Crippen molar-refractivity contribution >= 4 is 50.5 Å². The predicted molar refractivity (Wildman–Crippen MR) is 111 cm³/mol. The maximum absolute atomic E-state index is 12.3. The van der Waals surface area contributed by atoms with Gasteiger partial charge in [0.25, 0.3) is 5.91 Å². The summed E-state index contributed by atoms with van der Waals surface area (Å²) in [5, 5.41) is 13.0. The van der Waals surface area contributed by atoms with Crippen LogP contribution in [0.1, 0.15) is 12.5 Å². The Balaban J connectivity index is 1.82. The number of carbonyl (C=O) groups excluding carboxylic acids is 1. The van der Waals surface area contributed by atoms with E-state index >= 15 is 0 Å². The lowest BCUT2D eigenvalue weighted by Gasteiger charge is -2.06. The largest absolute Gasteiger partial charge is 0.504 e. The number of thioether (sulfide) groups is 1. The zero-order chi connectivity index (χ0) is 19.4. The molecule has 2 aromatic carbocycles. The summed E-state index contributed by atoms with van der Waals surface area (Å²) in [6, 6.07) is 10.5. The van der Waals surface area contributed by atoms with E-state index in [9.17, 15) is 9.90 Å². The highest BCUT2D eigenvalue weighted by Crippen LogP contribution is 2.36. The van der Waals surface area contributed by atoms with E-state index in [0.717, 1.165) is 11.4 Å². The number of benzene rings is 2. The third-order valence-electron chi connectivity index (χ3n) is 3.61. The molecule has 2 aromatic rings. The normalized spacial score (nSPS) is 16.6. The van der Waals surface area contributed by atoms with Gasteiger partial charge in [-0.2, -0.15) is 0 Å². The first-order valence-electron chi connectivity index (χ1n) is 8.09. The van der Waals surface area contributed by atoms with Crippen molar-refractivity contribution < 1.29 is 19.4 Å². The number of phenols is 1. The molecule has 3 rings (SSSR count). The van der Waals surface area contributed by atoms with Crippen LogP contribution in [-0.4, -0.2) is 29.9 Å². The van der Waals surface area contributed by atoms with Crippen LogP contribution in [0.15, 0.2) is 50.8 Å². The second-order valence-electron chi connectivity index (χ2n) is 5.45. The lowest BCUT2D eigenvalue weighted by atomic mass is 10.2. The third-order valence-corrected chi connectivity index (χ3v) is 5.21. The molecule has 0 atom stereocenters. The highest BCUT2D eigenvalue weighted by Gasteiger charge is 2.24. The van der Waals surface area contributed by atoms with Gasteiger partial charge in [-0.3, -0.25) is 4.79 Å². The Morgan fingerprint density at radius 2 is 2.04 bits per heavy atom. The van der Waals surface area contributed by atoms with Crippen LogP contribution in [0.5, 0.6) is 17.2 Å². The highest BCUT2D eigenvalue weighted by molar-refractivity contribution is 9.10. The molecule has 1 aliphatic rings. The smallest absolute Gasteiger partial charge is 0.264 e. The third kappa shape index (κ3) is 4.64. The van der Waals surface area contributed by atoms with Crippen LogP contribution in [0.3, 0.4) is 0 Å². The number of hydrogen-bond donors (Lipinski definition) is 2. The molecule has 8 heteroatoms. The zero-order valence-corrected chi connectivity index (χ0v) is 17.1. The van der Waals surface area contributed by atoms with E-state index in [0.29, 0.717) is 32.5 Å². The fourth-order valence-electron chi connectivity index (χ4n) is 2.36. The predicted octanol–water partition coefficient (Wildman–Crippen LogP) is 4.45. The maximum Gasteiger partial charge on any atom is 0.264 e. The van der Waals surface area contributed by atoms with E-state index in [2.05, 4.69) is 26.2 Å². The van der Waals surface area contributed by atoms with Crippen molar-refractivity contribution in [3.05, 3.63) is 51.3 Å². The fourth-order valence-corrected chi connectivity index (χ4v) is 3.63. The van der Waals surface area contributed by atoms with Crippen LogP contribution in [0, 0.1) is 0 Å². The molecule has 0 spiro atoms. The molecule has 6 nitrogen and oxygen atoms in total. The Labute approximate surface area is 169 Å². The highest BCUT2D eigenvalue weighted by atomic mass is 79.9. The van der Waals surface area contributed by atoms with Crippen LogP contribution in [-0.2, 0) is 4.79 Å². The van der Waals surface area contributed by atoms with Crippen molar-refractivity contribution in [2.24, 2.45) is 4.99 Å². The summed E-state index contributed by atoms with van der Waals surface area (Å²) in [7, 11) is 1.47. The molecule has 27 heavy (non-hydrogen) atoms. The van der Waals surface area contributed by atoms with Gasteiger partial charge in [0.1, 0.15) is 5.75 Å². The van der Waals surface area contributed by atoms with Crippen molar-refractivity contribution in [3.63, 3.8) is 0 Å². The van der Waals surface area contributed by atoms with Crippen LogP contribution in [0.25, 0.3) is 6.08 Å². The number of halogens is 1. The molecule has 1 heterocycles. The number of amidine groups is 1. The Kier molecular flexibility index (Phi) is 6.08. The first-order valence-corrected chi connectivity index (χ1v) is 9.70. The Morgan fingerprint density at radius 3 is 2.70 bits per heavy atom. The monoisotopic (exact) mass is 448 g/mol. The average molecular weight is 449 g/mol. The van der Waals surface area contributed by atoms with Crippen LogP contribution >= 0.6 is 27.7 Å². The van der Waals surface area contributed by atoms with Crippen molar-refractivity contribution in [3.8, 4) is 17.2 Å². The first kappa shape index (κ1) is 19.3. The quantitative estimate of drug-likeness (QED) is 0.660. The molecule has 2 N–H and O–H groups in total. The standard InChI is InChI=1S/C19H17BrN2O4S/c1-3-26-13-6-4-12(5-7-13)21-19-22-18(24)17(27-19)9-11-8-16(25-2)15(23)10-14(11)20/h4-10,23H,3H2,1-2H3,(H,21,22,24)/b17-9+. The van der Waals surface area contributed by atoms with E-state index in [1.165, 1.54) is 24.9 Å². The summed E-state index contributed by atoms with van der Waals surface area (Å²) in [5.74, 6) is 0.893. The van der Waals surface area contributed by atoms with E-state index < -0.39 is 0 Å². The van der Waals surface area contributed by atoms with E-state index in [1.54, 1.807) is 12.1 Å². The number of phenolic OH excluding ortho intramolecular Hbond substituents is 1. The second kappa shape index (κ2) is 8.49. The summed E-state index contributed by atoms with van der Waals surface area (Å²) >= 11 is 4.63. The number of carbonyl (C=O) groups is 1. The lowest BCUT2D eigenvalue weighted by molar-refractivity contribution is -0.115. The van der Waals surface area contributed by atoms with Gasteiger partial charge in [-0.15, -0.1) is 0 Å². The topological polar surface area (TPSA) is 80.2 Å². The van der Waals surface area contributed by atoms with Crippen LogP contribution in [0.4, 0.5) is 5.69 Å². The fraction of sp³-hybridized carbons (Fsp3) is 0.158. The molecule has 0 bridgehead atoms. The molecular formula is C19H17BrN2O4S. The summed E-state index contributed by atoms with van der Waals surface area (Å²) in [4.78, 5) is 17.2. The molecule has 140 valence electrons. The van der Waals surface area contributed by atoms with Gasteiger partial charge in [-0.05, 0) is 66.7 Å². The lowest BCUT2D eigenvalue weighted by Crippen LogP contribution is -2.19. The molecule has 0 aromatic heterocycles. The van der Waals surface area contributed by atoms with Gasteiger partial charge in [0.2, 0.25) is 0 Å². The van der Waals surface area contributed by atoms with Crippen molar-refractivity contribution in [2.45, 2.75) is 6.92 Å². The van der Waals surface area contributed by atoms with E-state index in [1.807, 2.05) is 31.2 Å². The van der Waals surface area contributed by atoms with Gasteiger partial charge in [0.05, 0.1) is 24.3 Å². The Hall–Kier alpha value is -2.45. The second-order valence-corrected chi connectivity index (χ2v) is 7.34. The summed E-state index contributed by atoms with van der Waals surface area (Å²) in [5.41, 5.74) is 1.43. The molecule has 1 fully saturated rings. The minimum atomic E-state index is -0.233. The molecule has 0 aliphatic carbocycles. The van der Waals surface area contributed by atoms with Gasteiger partial charge in [-0.1, -0.05) is 15.9 Å². The number of ether oxygens (including phenoxy) is 2. The molecule has 0 unspecified atom stereocenters. The van der Waals surface area contributed by atoms with E-state index in [4.69, 9.17) is 9.47 Å². The molecule has 1 aliphatic heterocycles. The molecular weight excluding hydrogens is 432 g/mol. The minimum Gasteiger partial charge on any atom is -0.504 e. The van der Waals surface area contributed by atoms with Gasteiger partial charge >= 0.3 is 0 Å². The SMILES string of the molecule is CCOc1ccc(N=C2NC(=O)/C(=C\c3cc(OC)c(O)cc3Br)S2)cc1. The van der Waals surface area contributed by atoms with Crippen LogP contribution in [0.2, 0.25) is 0 Å².